The first-order chi connectivity index (χ1) is 37.2. The van der Waals surface area contributed by atoms with E-state index in [1.165, 1.54) is 44.1 Å². The number of hydrogen-bond donors (Lipinski definition) is 0. The Labute approximate surface area is 435 Å². The normalized spacial score (nSPS) is 12.9. The largest absolute Gasteiger partial charge is 0.310 e. The highest BCUT2D eigenvalue weighted by molar-refractivity contribution is 6.11. The molecule has 350 valence electrons. The first-order valence-corrected chi connectivity index (χ1v) is 25.6. The van der Waals surface area contributed by atoms with E-state index < -0.39 is 5.41 Å². The molecule has 13 aromatic rings. The zero-order valence-electron chi connectivity index (χ0n) is 40.7. The minimum Gasteiger partial charge on any atom is -0.310 e. The summed E-state index contributed by atoms with van der Waals surface area (Å²) in [7, 11) is 0. The summed E-state index contributed by atoms with van der Waals surface area (Å²) in [5, 5.41) is 2.43. The third kappa shape index (κ3) is 6.61. The van der Waals surface area contributed by atoms with Crippen molar-refractivity contribution in [1.29, 1.82) is 0 Å². The molecular formula is C70H45N5. The van der Waals surface area contributed by atoms with Crippen molar-refractivity contribution >= 4 is 38.9 Å². The van der Waals surface area contributed by atoms with Crippen LogP contribution < -0.4 is 4.90 Å². The zero-order valence-corrected chi connectivity index (χ0v) is 40.7. The summed E-state index contributed by atoms with van der Waals surface area (Å²) in [5.41, 5.74) is 20.7. The summed E-state index contributed by atoms with van der Waals surface area (Å²) in [6, 6.07) is 98.4. The van der Waals surface area contributed by atoms with Gasteiger partial charge in [0.05, 0.1) is 27.8 Å². The molecule has 15 rings (SSSR count). The van der Waals surface area contributed by atoms with Crippen LogP contribution in [0.4, 0.5) is 17.1 Å². The highest BCUT2D eigenvalue weighted by atomic mass is 15.2. The molecule has 0 amide bonds. The van der Waals surface area contributed by atoms with E-state index in [4.69, 9.17) is 15.0 Å². The topological polar surface area (TPSA) is 46.8 Å². The van der Waals surface area contributed by atoms with E-state index in [0.29, 0.717) is 17.5 Å². The summed E-state index contributed by atoms with van der Waals surface area (Å²) in [5.74, 6) is 1.86. The van der Waals surface area contributed by atoms with Crippen LogP contribution in [0.1, 0.15) is 22.3 Å². The molecule has 11 aromatic carbocycles. The van der Waals surface area contributed by atoms with E-state index in [9.17, 15) is 0 Å². The summed E-state index contributed by atoms with van der Waals surface area (Å²) >= 11 is 0. The second kappa shape index (κ2) is 17.1. The van der Waals surface area contributed by atoms with Crippen LogP contribution in [0.15, 0.2) is 273 Å². The van der Waals surface area contributed by atoms with E-state index in [1.807, 2.05) is 24.3 Å². The molecule has 75 heavy (non-hydrogen) atoms. The molecule has 1 aliphatic heterocycles. The van der Waals surface area contributed by atoms with Gasteiger partial charge >= 0.3 is 0 Å². The summed E-state index contributed by atoms with van der Waals surface area (Å²) in [6.45, 7) is 0. The zero-order chi connectivity index (χ0) is 49.5. The summed E-state index contributed by atoms with van der Waals surface area (Å²) in [6.07, 6.45) is 0. The fraction of sp³-hybridized carbons (Fsp3) is 0.0143. The molecule has 3 heterocycles. The van der Waals surface area contributed by atoms with Crippen molar-refractivity contribution in [3.05, 3.63) is 295 Å². The van der Waals surface area contributed by atoms with E-state index in [-0.39, 0.29) is 0 Å². The summed E-state index contributed by atoms with van der Waals surface area (Å²) < 4.78 is 2.38. The molecule has 0 atom stereocenters. The predicted molar refractivity (Wildman–Crippen MR) is 307 cm³/mol. The van der Waals surface area contributed by atoms with Crippen molar-refractivity contribution < 1.29 is 0 Å². The Balaban J connectivity index is 0.991. The molecule has 0 saturated heterocycles. The second-order valence-corrected chi connectivity index (χ2v) is 19.5. The lowest BCUT2D eigenvalue weighted by molar-refractivity contribution is 0.753. The third-order valence-electron chi connectivity index (χ3n) is 15.5. The number of anilines is 3. The standard InChI is InChI=1S/C70H45N5/c1-5-20-46(21-6-1)47-36-38-49(39-37-47)68-71-67(48-22-7-2-8-23-48)72-69(73-68)55-29-19-32-61-66(55)57-45-50(51-41-43-63-56(44-51)54-28-13-16-33-62(54)74(63)52-24-9-3-10-25-52)40-42-58(57)70(61)59-30-14-17-34-64(59)75(53-26-11-4-12-27-53)65-35-18-15-31-60(65)70/h1-45H. The van der Waals surface area contributed by atoms with E-state index in [2.05, 4.69) is 258 Å². The van der Waals surface area contributed by atoms with Crippen molar-refractivity contribution in [2.45, 2.75) is 5.41 Å². The highest BCUT2D eigenvalue weighted by Crippen LogP contribution is 2.65. The number of para-hydroxylation sites is 5. The van der Waals surface area contributed by atoms with Crippen molar-refractivity contribution in [1.82, 2.24) is 19.5 Å². The van der Waals surface area contributed by atoms with Gasteiger partial charge in [0, 0.05) is 38.8 Å². The minimum absolute atomic E-state index is 0.618. The molecule has 2 aliphatic rings. The van der Waals surface area contributed by atoms with E-state index in [0.717, 1.165) is 72.8 Å². The molecule has 5 heteroatoms. The monoisotopic (exact) mass is 955 g/mol. The molecule has 0 radical (unpaired) electrons. The summed E-state index contributed by atoms with van der Waals surface area (Å²) in [4.78, 5) is 18.5. The molecular weight excluding hydrogens is 911 g/mol. The van der Waals surface area contributed by atoms with Crippen molar-refractivity contribution in [3.63, 3.8) is 0 Å². The highest BCUT2D eigenvalue weighted by Gasteiger charge is 2.52. The Kier molecular flexibility index (Phi) is 9.72. The Morgan fingerprint density at radius 3 is 1.45 bits per heavy atom. The minimum atomic E-state index is -0.698. The fourth-order valence-corrected chi connectivity index (χ4v) is 12.2. The van der Waals surface area contributed by atoms with Crippen molar-refractivity contribution in [2.24, 2.45) is 0 Å². The molecule has 0 unspecified atom stereocenters. The maximum atomic E-state index is 5.46. The quantitative estimate of drug-likeness (QED) is 0.160. The molecule has 1 aliphatic carbocycles. The van der Waals surface area contributed by atoms with Crippen LogP contribution in [0.2, 0.25) is 0 Å². The van der Waals surface area contributed by atoms with Gasteiger partial charge in [-0.3, -0.25) is 0 Å². The third-order valence-corrected chi connectivity index (χ3v) is 15.5. The average Bonchev–Trinajstić information content (AvgIpc) is 3.98. The lowest BCUT2D eigenvalue weighted by Gasteiger charge is -2.45. The van der Waals surface area contributed by atoms with Gasteiger partial charge in [0.1, 0.15) is 0 Å². The SMILES string of the molecule is c1ccc(-c2ccc(-c3nc(-c4ccccc4)nc(-c4cccc5c4-c4cc(-c6ccc7c(c6)c6ccccc6n7-c6ccccc6)ccc4C54c5ccccc5N(c5ccccc5)c5ccccc54)n3)cc2)cc1. The Bertz CT molecular complexity index is 4290. The van der Waals surface area contributed by atoms with Crippen LogP contribution in [0.3, 0.4) is 0 Å². The van der Waals surface area contributed by atoms with E-state index in [1.54, 1.807) is 0 Å². The molecule has 0 saturated carbocycles. The Morgan fingerprint density at radius 2 is 0.760 bits per heavy atom. The number of aromatic nitrogens is 4. The maximum absolute atomic E-state index is 5.46. The van der Waals surface area contributed by atoms with Gasteiger partial charge in [-0.2, -0.15) is 0 Å². The lowest BCUT2D eigenvalue weighted by atomic mass is 9.64. The molecule has 0 fully saturated rings. The first kappa shape index (κ1) is 42.7. The van der Waals surface area contributed by atoms with Crippen LogP contribution in [0.5, 0.6) is 0 Å². The molecule has 0 bridgehead atoms. The number of nitrogens with zero attached hydrogens (tertiary/aromatic N) is 5. The number of benzene rings is 11. The van der Waals surface area contributed by atoms with E-state index >= 15 is 0 Å². The van der Waals surface area contributed by atoms with Gasteiger partial charge in [0.2, 0.25) is 0 Å². The molecule has 0 N–H and O–H groups in total. The average molecular weight is 956 g/mol. The molecule has 1 spiro atoms. The smallest absolute Gasteiger partial charge is 0.164 e. The van der Waals surface area contributed by atoms with Gasteiger partial charge in [0.25, 0.3) is 0 Å². The number of hydrogen-bond acceptors (Lipinski definition) is 4. The number of rotatable bonds is 7. The molecule has 5 nitrogen and oxygen atoms in total. The van der Waals surface area contributed by atoms with Crippen molar-refractivity contribution in [3.8, 4) is 73.2 Å². The van der Waals surface area contributed by atoms with Crippen LogP contribution >= 0.6 is 0 Å². The first-order valence-electron chi connectivity index (χ1n) is 25.6. The number of fused-ring (bicyclic) bond motifs is 12. The second-order valence-electron chi connectivity index (χ2n) is 19.5. The van der Waals surface area contributed by atoms with Crippen LogP contribution in [0.25, 0.3) is 95.0 Å². The van der Waals surface area contributed by atoms with Gasteiger partial charge < -0.3 is 9.47 Å². The van der Waals surface area contributed by atoms with Crippen LogP contribution in [-0.2, 0) is 5.41 Å². The maximum Gasteiger partial charge on any atom is 0.164 e. The Morgan fingerprint density at radius 1 is 0.280 bits per heavy atom. The Hall–Kier alpha value is -9.97. The van der Waals surface area contributed by atoms with Crippen molar-refractivity contribution in [2.75, 3.05) is 4.90 Å². The van der Waals surface area contributed by atoms with Gasteiger partial charge in [0.15, 0.2) is 17.5 Å². The lowest BCUT2D eigenvalue weighted by Crippen LogP contribution is -2.36. The van der Waals surface area contributed by atoms with Crippen LogP contribution in [0, 0.1) is 0 Å². The van der Waals surface area contributed by atoms with Gasteiger partial charge in [-0.1, -0.05) is 212 Å². The van der Waals surface area contributed by atoms with Gasteiger partial charge in [-0.05, 0) is 116 Å². The fourth-order valence-electron chi connectivity index (χ4n) is 12.2. The van der Waals surface area contributed by atoms with Gasteiger partial charge in [-0.25, -0.2) is 15.0 Å². The van der Waals surface area contributed by atoms with Gasteiger partial charge in [-0.15, -0.1) is 0 Å². The van der Waals surface area contributed by atoms with Crippen LogP contribution in [-0.4, -0.2) is 19.5 Å². The predicted octanol–water partition coefficient (Wildman–Crippen LogP) is 17.4. The molecule has 2 aromatic heterocycles.